The Balaban J connectivity index is 1.76. The van der Waals surface area contributed by atoms with Crippen molar-refractivity contribution in [2.45, 2.75) is 25.7 Å². The smallest absolute Gasteiger partial charge is 0.222 e. The zero-order chi connectivity index (χ0) is 15.1. The lowest BCUT2D eigenvalue weighted by atomic mass is 10.1. The summed E-state index contributed by atoms with van der Waals surface area (Å²) in [7, 11) is 0. The summed E-state index contributed by atoms with van der Waals surface area (Å²) in [5.74, 6) is 0.306. The van der Waals surface area contributed by atoms with Gasteiger partial charge in [0.1, 0.15) is 0 Å². The molecule has 0 saturated carbocycles. The van der Waals surface area contributed by atoms with E-state index in [-0.39, 0.29) is 11.9 Å². The second-order valence-corrected chi connectivity index (χ2v) is 5.16. The van der Waals surface area contributed by atoms with Crippen molar-refractivity contribution in [2.75, 3.05) is 13.1 Å². The van der Waals surface area contributed by atoms with Crippen molar-refractivity contribution < 1.29 is 4.79 Å². The molecule has 1 aliphatic heterocycles. The molecule has 1 heterocycles. The fraction of sp³-hybridized carbons (Fsp3) is 0.375. The number of aliphatic imine (C=N–C) groups is 1. The Kier molecular flexibility index (Phi) is 5.37. The molecule has 0 atom stereocenters. The van der Waals surface area contributed by atoms with E-state index in [0.29, 0.717) is 6.42 Å². The molecule has 1 aromatic rings. The molecule has 4 N–H and O–H groups in total. The van der Waals surface area contributed by atoms with Gasteiger partial charge in [0.15, 0.2) is 5.96 Å². The van der Waals surface area contributed by atoms with E-state index in [1.54, 1.807) is 0 Å². The second kappa shape index (κ2) is 7.47. The van der Waals surface area contributed by atoms with E-state index in [1.165, 1.54) is 5.56 Å². The number of nitrogens with two attached hydrogens (primary N) is 2. The minimum atomic E-state index is 0.0592. The number of hydrogen-bond donors (Lipinski definition) is 2. The lowest BCUT2D eigenvalue weighted by Crippen LogP contribution is -2.33. The topological polar surface area (TPSA) is 84.7 Å². The van der Waals surface area contributed by atoms with Gasteiger partial charge < -0.3 is 16.4 Å². The quantitative estimate of drug-likeness (QED) is 0.491. The fourth-order valence-corrected chi connectivity index (χ4v) is 2.36. The molecule has 21 heavy (non-hydrogen) atoms. The average Bonchev–Trinajstić information content (AvgIpc) is 2.49. The molecule has 0 radical (unpaired) electrons. The van der Waals surface area contributed by atoms with Crippen LogP contribution in [0.5, 0.6) is 0 Å². The number of carbonyl (C=O) groups is 1. The molecular formula is C16H22N4O. The molecular weight excluding hydrogens is 264 g/mol. The molecule has 1 aromatic carbocycles. The van der Waals surface area contributed by atoms with E-state index < -0.39 is 0 Å². The van der Waals surface area contributed by atoms with Crippen LogP contribution in [0.25, 0.3) is 0 Å². The summed E-state index contributed by atoms with van der Waals surface area (Å²) in [6, 6.07) is 7.75. The highest BCUT2D eigenvalue weighted by Crippen LogP contribution is 2.15. The van der Waals surface area contributed by atoms with Crippen molar-refractivity contribution >= 4 is 17.6 Å². The fourth-order valence-electron chi connectivity index (χ4n) is 2.36. The van der Waals surface area contributed by atoms with E-state index in [0.717, 1.165) is 38.0 Å². The summed E-state index contributed by atoms with van der Waals surface area (Å²) < 4.78 is 0. The molecule has 112 valence electrons. The molecule has 2 rings (SSSR count). The van der Waals surface area contributed by atoms with Crippen LogP contribution in [0.15, 0.2) is 41.4 Å². The Morgan fingerprint density at radius 2 is 1.95 bits per heavy atom. The van der Waals surface area contributed by atoms with Gasteiger partial charge in [0, 0.05) is 19.5 Å². The van der Waals surface area contributed by atoms with Gasteiger partial charge in [-0.3, -0.25) is 4.79 Å². The van der Waals surface area contributed by atoms with Gasteiger partial charge in [-0.25, -0.2) is 4.99 Å². The number of guanidine groups is 1. The molecule has 0 spiro atoms. The predicted octanol–water partition coefficient (Wildman–Crippen LogP) is 1.70. The summed E-state index contributed by atoms with van der Waals surface area (Å²) >= 11 is 0. The summed E-state index contributed by atoms with van der Waals surface area (Å²) in [6.45, 7) is 1.61. The molecule has 5 nitrogen and oxygen atoms in total. The van der Waals surface area contributed by atoms with E-state index in [4.69, 9.17) is 11.5 Å². The maximum absolute atomic E-state index is 12.0. The van der Waals surface area contributed by atoms with Crippen LogP contribution >= 0.6 is 0 Å². The van der Waals surface area contributed by atoms with Crippen LogP contribution in [0.4, 0.5) is 5.69 Å². The van der Waals surface area contributed by atoms with Crippen LogP contribution in [0, 0.1) is 0 Å². The highest BCUT2D eigenvalue weighted by atomic mass is 16.2. The molecule has 0 aliphatic carbocycles. The molecule has 0 fully saturated rings. The van der Waals surface area contributed by atoms with Gasteiger partial charge in [0.05, 0.1) is 5.69 Å². The Labute approximate surface area is 125 Å². The number of amides is 1. The highest BCUT2D eigenvalue weighted by Gasteiger charge is 2.12. The molecule has 0 saturated heterocycles. The zero-order valence-corrected chi connectivity index (χ0v) is 12.2. The van der Waals surface area contributed by atoms with E-state index in [9.17, 15) is 4.79 Å². The van der Waals surface area contributed by atoms with Crippen LogP contribution in [0.2, 0.25) is 0 Å². The Hall–Kier alpha value is -2.30. The van der Waals surface area contributed by atoms with Crippen LogP contribution in [0.1, 0.15) is 24.8 Å². The molecule has 0 aromatic heterocycles. The largest absolute Gasteiger partial charge is 0.370 e. The van der Waals surface area contributed by atoms with Gasteiger partial charge in [0.2, 0.25) is 5.91 Å². The minimum absolute atomic E-state index is 0.0592. The van der Waals surface area contributed by atoms with Crippen molar-refractivity contribution in [3.8, 4) is 0 Å². The maximum atomic E-state index is 12.0. The number of benzene rings is 1. The minimum Gasteiger partial charge on any atom is -0.370 e. The molecule has 0 unspecified atom stereocenters. The monoisotopic (exact) mass is 286 g/mol. The first-order valence-electron chi connectivity index (χ1n) is 7.26. The lowest BCUT2D eigenvalue weighted by molar-refractivity contribution is -0.130. The summed E-state index contributed by atoms with van der Waals surface area (Å²) in [4.78, 5) is 17.9. The molecule has 1 amide bonds. The van der Waals surface area contributed by atoms with Gasteiger partial charge in [-0.05, 0) is 37.0 Å². The maximum Gasteiger partial charge on any atom is 0.222 e. The second-order valence-electron chi connectivity index (χ2n) is 5.16. The number of aryl methyl sites for hydroxylation is 1. The SMILES string of the molecule is NC(N)=Nc1ccc(CCCC(=O)N2CC=CCC2)cc1. The average molecular weight is 286 g/mol. The summed E-state index contributed by atoms with van der Waals surface area (Å²) in [6.07, 6.45) is 7.51. The van der Waals surface area contributed by atoms with Crippen LogP contribution in [-0.2, 0) is 11.2 Å². The van der Waals surface area contributed by atoms with Gasteiger partial charge in [-0.1, -0.05) is 24.3 Å². The molecule has 1 aliphatic rings. The van der Waals surface area contributed by atoms with Crippen molar-refractivity contribution in [3.05, 3.63) is 42.0 Å². The van der Waals surface area contributed by atoms with Gasteiger partial charge >= 0.3 is 0 Å². The van der Waals surface area contributed by atoms with Crippen molar-refractivity contribution in [2.24, 2.45) is 16.5 Å². The predicted molar refractivity (Wildman–Crippen MR) is 85.2 cm³/mol. The third-order valence-electron chi connectivity index (χ3n) is 3.46. The number of nitrogens with zero attached hydrogens (tertiary/aromatic N) is 2. The number of rotatable bonds is 5. The first-order valence-corrected chi connectivity index (χ1v) is 7.26. The zero-order valence-electron chi connectivity index (χ0n) is 12.2. The third kappa shape index (κ3) is 4.95. The first kappa shape index (κ1) is 15.1. The Morgan fingerprint density at radius 1 is 1.19 bits per heavy atom. The number of hydrogen-bond acceptors (Lipinski definition) is 2. The summed E-state index contributed by atoms with van der Waals surface area (Å²) in [5, 5.41) is 0. The standard InChI is InChI=1S/C16H22N4O/c17-16(18)19-14-9-7-13(8-10-14)5-4-6-15(21)20-11-2-1-3-12-20/h1-2,7-10H,3-6,11-12H2,(H4,17,18,19). The molecule has 0 bridgehead atoms. The van der Waals surface area contributed by atoms with E-state index in [1.807, 2.05) is 29.2 Å². The first-order chi connectivity index (χ1) is 10.1. The lowest BCUT2D eigenvalue weighted by Gasteiger charge is -2.23. The summed E-state index contributed by atoms with van der Waals surface area (Å²) in [5.41, 5.74) is 12.6. The van der Waals surface area contributed by atoms with Gasteiger partial charge in [0.25, 0.3) is 0 Å². The Morgan fingerprint density at radius 3 is 2.57 bits per heavy atom. The van der Waals surface area contributed by atoms with Crippen molar-refractivity contribution in [1.82, 2.24) is 4.90 Å². The van der Waals surface area contributed by atoms with Crippen molar-refractivity contribution in [3.63, 3.8) is 0 Å². The van der Waals surface area contributed by atoms with Gasteiger partial charge in [-0.2, -0.15) is 0 Å². The highest BCUT2D eigenvalue weighted by molar-refractivity contribution is 5.79. The molecule has 5 heteroatoms. The van der Waals surface area contributed by atoms with Crippen molar-refractivity contribution in [1.29, 1.82) is 0 Å². The van der Waals surface area contributed by atoms with E-state index >= 15 is 0 Å². The van der Waals surface area contributed by atoms with Gasteiger partial charge in [-0.15, -0.1) is 0 Å². The Bertz CT molecular complexity index is 530. The van der Waals surface area contributed by atoms with Crippen LogP contribution in [0.3, 0.4) is 0 Å². The third-order valence-corrected chi connectivity index (χ3v) is 3.46. The van der Waals surface area contributed by atoms with E-state index in [2.05, 4.69) is 17.1 Å². The van der Waals surface area contributed by atoms with Crippen LogP contribution < -0.4 is 11.5 Å². The number of carbonyl (C=O) groups excluding carboxylic acids is 1. The van der Waals surface area contributed by atoms with Crippen LogP contribution in [-0.4, -0.2) is 29.9 Å². The normalized spacial score (nSPS) is 14.0.